The first-order valence-corrected chi connectivity index (χ1v) is 7.92. The maximum atomic E-state index is 12.3. The summed E-state index contributed by atoms with van der Waals surface area (Å²) in [6, 6.07) is 9.88. The van der Waals surface area contributed by atoms with Crippen LogP contribution in [0.4, 0.5) is 5.82 Å². The molecule has 0 saturated heterocycles. The smallest absolute Gasteiger partial charge is 0.326 e. The molecule has 9 heteroatoms. The fourth-order valence-electron chi connectivity index (χ4n) is 2.18. The largest absolute Gasteiger partial charge is 0.454 e. The van der Waals surface area contributed by atoms with Gasteiger partial charge in [-0.1, -0.05) is 23.7 Å². The van der Waals surface area contributed by atoms with E-state index >= 15 is 0 Å². The minimum absolute atomic E-state index is 0.283. The summed E-state index contributed by atoms with van der Waals surface area (Å²) in [7, 11) is 0. The Morgan fingerprint density at radius 2 is 1.96 bits per heavy atom. The van der Waals surface area contributed by atoms with E-state index in [0.717, 1.165) is 4.57 Å². The van der Waals surface area contributed by atoms with Gasteiger partial charge in [-0.05, 0) is 24.3 Å². The van der Waals surface area contributed by atoms with Crippen LogP contribution in [0.1, 0.15) is 0 Å². The van der Waals surface area contributed by atoms with Gasteiger partial charge in [-0.3, -0.25) is 19.0 Å². The third kappa shape index (κ3) is 4.22. The Balaban J connectivity index is 1.57. The van der Waals surface area contributed by atoms with Gasteiger partial charge in [0, 0.05) is 6.20 Å². The molecule has 0 bridgehead atoms. The number of hydrogen-bond donors (Lipinski definition) is 1. The summed E-state index contributed by atoms with van der Waals surface area (Å²) in [6.45, 7) is -0.845. The quantitative estimate of drug-likeness (QED) is 0.683. The topological polar surface area (TPSA) is 103 Å². The normalized spacial score (nSPS) is 10.5. The molecule has 0 saturated carbocycles. The molecule has 3 rings (SSSR count). The molecule has 3 aromatic rings. The summed E-state index contributed by atoms with van der Waals surface area (Å²) in [6.07, 6.45) is 2.64. The average molecular weight is 373 g/mol. The summed E-state index contributed by atoms with van der Waals surface area (Å²) < 4.78 is 6.01. The Kier molecular flexibility index (Phi) is 5.23. The summed E-state index contributed by atoms with van der Waals surface area (Å²) in [5.41, 5.74) is 0.180. The fourth-order valence-corrected chi connectivity index (χ4v) is 2.29. The number of rotatable bonds is 5. The van der Waals surface area contributed by atoms with E-state index in [1.165, 1.54) is 18.6 Å². The van der Waals surface area contributed by atoms with Crippen molar-refractivity contribution in [3.05, 3.63) is 64.3 Å². The summed E-state index contributed by atoms with van der Waals surface area (Å²) >= 11 is 5.70. The van der Waals surface area contributed by atoms with E-state index in [1.807, 2.05) is 0 Å². The van der Waals surface area contributed by atoms with Crippen LogP contribution in [-0.4, -0.2) is 33.0 Å². The predicted molar refractivity (Wildman–Crippen MR) is 94.8 cm³/mol. The van der Waals surface area contributed by atoms with Crippen molar-refractivity contribution in [2.45, 2.75) is 6.54 Å². The molecule has 2 aromatic heterocycles. The third-order valence-corrected chi connectivity index (χ3v) is 3.61. The Morgan fingerprint density at radius 1 is 1.15 bits per heavy atom. The number of anilines is 1. The van der Waals surface area contributed by atoms with Crippen LogP contribution in [-0.2, 0) is 20.9 Å². The lowest BCUT2D eigenvalue weighted by Crippen LogP contribution is -2.28. The van der Waals surface area contributed by atoms with Gasteiger partial charge in [0.25, 0.3) is 11.5 Å². The number of hydrogen-bond acceptors (Lipinski definition) is 6. The van der Waals surface area contributed by atoms with Crippen LogP contribution in [0, 0.1) is 0 Å². The first-order valence-electron chi connectivity index (χ1n) is 7.54. The van der Waals surface area contributed by atoms with Crippen LogP contribution in [0.25, 0.3) is 10.9 Å². The predicted octanol–water partition coefficient (Wildman–Crippen LogP) is 1.63. The zero-order valence-corrected chi connectivity index (χ0v) is 14.1. The highest BCUT2D eigenvalue weighted by Crippen LogP contribution is 2.09. The zero-order chi connectivity index (χ0) is 18.5. The lowest BCUT2D eigenvalue weighted by atomic mass is 10.2. The fraction of sp³-hybridized carbons (Fsp3) is 0.118. The highest BCUT2D eigenvalue weighted by Gasteiger charge is 2.11. The van der Waals surface area contributed by atoms with Crippen molar-refractivity contribution in [1.29, 1.82) is 0 Å². The number of aromatic nitrogens is 3. The number of fused-ring (bicyclic) bond motifs is 1. The highest BCUT2D eigenvalue weighted by molar-refractivity contribution is 6.30. The molecule has 1 N–H and O–H groups in total. The van der Waals surface area contributed by atoms with Gasteiger partial charge in [-0.2, -0.15) is 0 Å². The van der Waals surface area contributed by atoms with Crippen molar-refractivity contribution in [2.24, 2.45) is 0 Å². The van der Waals surface area contributed by atoms with Crippen LogP contribution in [0.5, 0.6) is 0 Å². The van der Waals surface area contributed by atoms with Gasteiger partial charge in [0.2, 0.25) is 0 Å². The van der Waals surface area contributed by atoms with Crippen LogP contribution < -0.4 is 10.9 Å². The van der Waals surface area contributed by atoms with Crippen LogP contribution >= 0.6 is 11.6 Å². The first kappa shape index (κ1) is 17.6. The molecule has 0 aliphatic heterocycles. The van der Waals surface area contributed by atoms with Crippen molar-refractivity contribution in [3.63, 3.8) is 0 Å². The van der Waals surface area contributed by atoms with Crippen LogP contribution in [0.3, 0.4) is 0 Å². The van der Waals surface area contributed by atoms with Crippen molar-refractivity contribution < 1.29 is 14.3 Å². The number of amides is 1. The second kappa shape index (κ2) is 7.75. The Labute approximate surface area is 152 Å². The molecule has 26 heavy (non-hydrogen) atoms. The SMILES string of the molecule is O=C(COC(=O)Cn1cnc2ccccc2c1=O)Nc1ccc(Cl)cn1. The molecule has 0 aliphatic carbocycles. The van der Waals surface area contributed by atoms with Crippen molar-refractivity contribution >= 4 is 40.2 Å². The van der Waals surface area contributed by atoms with Crippen molar-refractivity contribution in [2.75, 3.05) is 11.9 Å². The molecule has 0 fully saturated rings. The van der Waals surface area contributed by atoms with Gasteiger partial charge in [0.05, 0.1) is 22.3 Å². The van der Waals surface area contributed by atoms with Crippen LogP contribution in [0.2, 0.25) is 5.02 Å². The van der Waals surface area contributed by atoms with E-state index in [9.17, 15) is 14.4 Å². The third-order valence-electron chi connectivity index (χ3n) is 3.39. The molecular formula is C17H13ClN4O4. The maximum absolute atomic E-state index is 12.3. The van der Waals surface area contributed by atoms with Crippen LogP contribution in [0.15, 0.2) is 53.7 Å². The molecule has 0 spiro atoms. The molecule has 0 radical (unpaired) electrons. The number of nitrogens with one attached hydrogen (secondary N) is 1. The van der Waals surface area contributed by atoms with E-state index in [0.29, 0.717) is 15.9 Å². The number of carbonyl (C=O) groups excluding carboxylic acids is 2. The number of carbonyl (C=O) groups is 2. The van der Waals surface area contributed by atoms with Gasteiger partial charge >= 0.3 is 5.97 Å². The monoisotopic (exact) mass is 372 g/mol. The van der Waals surface area contributed by atoms with Gasteiger partial charge in [0.1, 0.15) is 12.4 Å². The average Bonchev–Trinajstić information content (AvgIpc) is 2.64. The molecular weight excluding hydrogens is 360 g/mol. The standard InChI is InChI=1S/C17H13ClN4O4/c18-11-5-6-14(19-7-11)21-15(23)9-26-16(24)8-22-10-20-13-4-2-1-3-12(13)17(22)25/h1-7,10H,8-9H2,(H,19,21,23). The molecule has 2 heterocycles. The number of benzene rings is 1. The molecule has 0 aliphatic rings. The van der Waals surface area contributed by atoms with Gasteiger partial charge in [-0.15, -0.1) is 0 Å². The number of esters is 1. The number of nitrogens with zero attached hydrogens (tertiary/aromatic N) is 3. The van der Waals surface area contributed by atoms with E-state index < -0.39 is 18.5 Å². The molecule has 8 nitrogen and oxygen atoms in total. The van der Waals surface area contributed by atoms with E-state index in [-0.39, 0.29) is 17.9 Å². The minimum Gasteiger partial charge on any atom is -0.454 e. The maximum Gasteiger partial charge on any atom is 0.326 e. The van der Waals surface area contributed by atoms with Gasteiger partial charge < -0.3 is 10.1 Å². The van der Waals surface area contributed by atoms with Crippen molar-refractivity contribution in [1.82, 2.24) is 14.5 Å². The summed E-state index contributed by atoms with van der Waals surface area (Å²) in [4.78, 5) is 43.9. The number of pyridine rings is 1. The Morgan fingerprint density at radius 3 is 2.73 bits per heavy atom. The molecule has 1 aromatic carbocycles. The second-order valence-corrected chi connectivity index (χ2v) is 5.70. The highest BCUT2D eigenvalue weighted by atomic mass is 35.5. The van der Waals surface area contributed by atoms with Gasteiger partial charge in [-0.25, -0.2) is 9.97 Å². The second-order valence-electron chi connectivity index (χ2n) is 5.27. The number of halogens is 1. The minimum atomic E-state index is -0.733. The summed E-state index contributed by atoms with van der Waals surface area (Å²) in [5.74, 6) is -1.01. The molecule has 132 valence electrons. The lowest BCUT2D eigenvalue weighted by molar-refractivity contribution is -0.147. The molecule has 0 atom stereocenters. The molecule has 1 amide bonds. The molecule has 0 unspecified atom stereocenters. The van der Waals surface area contributed by atoms with E-state index in [1.54, 1.807) is 30.3 Å². The van der Waals surface area contributed by atoms with E-state index in [4.69, 9.17) is 16.3 Å². The Bertz CT molecular complexity index is 1020. The Hall–Kier alpha value is -3.26. The number of para-hydroxylation sites is 1. The summed E-state index contributed by atoms with van der Waals surface area (Å²) in [5, 5.41) is 3.29. The first-order chi connectivity index (χ1) is 12.5. The van der Waals surface area contributed by atoms with Crippen molar-refractivity contribution in [3.8, 4) is 0 Å². The van der Waals surface area contributed by atoms with Gasteiger partial charge in [0.15, 0.2) is 6.61 Å². The van der Waals surface area contributed by atoms with E-state index in [2.05, 4.69) is 15.3 Å². The zero-order valence-electron chi connectivity index (χ0n) is 13.4. The number of ether oxygens (including phenoxy) is 1. The lowest BCUT2D eigenvalue weighted by Gasteiger charge is -2.08.